The molecule has 3 heteroatoms. The van der Waals surface area contributed by atoms with Crippen molar-refractivity contribution in [3.63, 3.8) is 0 Å². The number of hydrogen-bond donors (Lipinski definition) is 1. The molecule has 1 N–H and O–H groups in total. The number of pyridine rings is 1. The Morgan fingerprint density at radius 2 is 2.33 bits per heavy atom. The highest BCUT2D eigenvalue weighted by molar-refractivity contribution is 9.10. The summed E-state index contributed by atoms with van der Waals surface area (Å²) in [6.07, 6.45) is 11.9. The third-order valence-electron chi connectivity index (χ3n) is 2.63. The van der Waals surface area contributed by atoms with Gasteiger partial charge in [0, 0.05) is 29.5 Å². The van der Waals surface area contributed by atoms with E-state index in [2.05, 4.69) is 44.4 Å². The van der Waals surface area contributed by atoms with Crippen molar-refractivity contribution < 1.29 is 0 Å². The van der Waals surface area contributed by atoms with Gasteiger partial charge in [-0.25, -0.2) is 0 Å². The van der Waals surface area contributed by atoms with E-state index in [4.69, 9.17) is 0 Å². The maximum absolute atomic E-state index is 4.15. The molecule has 2 rings (SSSR count). The summed E-state index contributed by atoms with van der Waals surface area (Å²) in [5.41, 5.74) is 1.24. The van der Waals surface area contributed by atoms with Gasteiger partial charge in [0.05, 0.1) is 0 Å². The third-order valence-corrected chi connectivity index (χ3v) is 3.06. The highest BCUT2D eigenvalue weighted by Gasteiger charge is 2.08. The first-order chi connectivity index (χ1) is 7.34. The van der Waals surface area contributed by atoms with Crippen molar-refractivity contribution in [2.75, 3.05) is 0 Å². The zero-order chi connectivity index (χ0) is 10.5. The Hall–Kier alpha value is -0.670. The first-order valence-electron chi connectivity index (χ1n) is 5.32. The SMILES string of the molecule is Brc1cncc(CNC2CC=CCC2)c1. The lowest BCUT2D eigenvalue weighted by Crippen LogP contribution is -2.29. The summed E-state index contributed by atoms with van der Waals surface area (Å²) in [5, 5.41) is 3.55. The van der Waals surface area contributed by atoms with E-state index in [1.165, 1.54) is 18.4 Å². The first-order valence-corrected chi connectivity index (χ1v) is 6.12. The van der Waals surface area contributed by atoms with Gasteiger partial charge in [-0.2, -0.15) is 0 Å². The number of nitrogens with zero attached hydrogens (tertiary/aromatic N) is 1. The summed E-state index contributed by atoms with van der Waals surface area (Å²) in [6, 6.07) is 2.74. The molecule has 0 saturated heterocycles. The molecule has 15 heavy (non-hydrogen) atoms. The first kappa shape index (κ1) is 10.8. The molecule has 1 aromatic heterocycles. The van der Waals surface area contributed by atoms with Gasteiger partial charge < -0.3 is 5.32 Å². The topological polar surface area (TPSA) is 24.9 Å². The minimum atomic E-state index is 0.633. The smallest absolute Gasteiger partial charge is 0.0410 e. The highest BCUT2D eigenvalue weighted by atomic mass is 79.9. The van der Waals surface area contributed by atoms with E-state index in [1.807, 2.05) is 12.4 Å². The van der Waals surface area contributed by atoms with Gasteiger partial charge in [-0.3, -0.25) is 4.98 Å². The molecule has 80 valence electrons. The molecule has 0 radical (unpaired) electrons. The van der Waals surface area contributed by atoms with Crippen molar-refractivity contribution >= 4 is 15.9 Å². The maximum atomic E-state index is 4.15. The molecule has 0 fully saturated rings. The number of aromatic nitrogens is 1. The molecule has 1 aromatic rings. The quantitative estimate of drug-likeness (QED) is 0.851. The lowest BCUT2D eigenvalue weighted by atomic mass is 10.0. The van der Waals surface area contributed by atoms with Crippen LogP contribution < -0.4 is 5.32 Å². The highest BCUT2D eigenvalue weighted by Crippen LogP contribution is 2.13. The van der Waals surface area contributed by atoms with Crippen LogP contribution in [0.25, 0.3) is 0 Å². The van der Waals surface area contributed by atoms with Gasteiger partial charge in [-0.1, -0.05) is 12.2 Å². The van der Waals surface area contributed by atoms with Crippen LogP contribution in [0.1, 0.15) is 24.8 Å². The Balaban J connectivity index is 1.84. The van der Waals surface area contributed by atoms with Crippen molar-refractivity contribution in [2.45, 2.75) is 31.8 Å². The van der Waals surface area contributed by atoms with Crippen LogP contribution in [0, 0.1) is 0 Å². The van der Waals surface area contributed by atoms with Crippen molar-refractivity contribution in [2.24, 2.45) is 0 Å². The van der Waals surface area contributed by atoms with Gasteiger partial charge in [0.2, 0.25) is 0 Å². The molecule has 1 heterocycles. The molecule has 0 aromatic carbocycles. The summed E-state index contributed by atoms with van der Waals surface area (Å²) in [5.74, 6) is 0. The van der Waals surface area contributed by atoms with Gasteiger partial charge in [-0.05, 0) is 46.8 Å². The van der Waals surface area contributed by atoms with Crippen molar-refractivity contribution in [1.29, 1.82) is 0 Å². The van der Waals surface area contributed by atoms with Gasteiger partial charge in [0.15, 0.2) is 0 Å². The fourth-order valence-electron chi connectivity index (χ4n) is 1.79. The number of halogens is 1. The van der Waals surface area contributed by atoms with E-state index in [9.17, 15) is 0 Å². The molecule has 1 atom stereocenters. The molecule has 2 nitrogen and oxygen atoms in total. The second-order valence-electron chi connectivity index (χ2n) is 3.87. The molecule has 0 aliphatic heterocycles. The van der Waals surface area contributed by atoms with Gasteiger partial charge in [0.1, 0.15) is 0 Å². The second-order valence-corrected chi connectivity index (χ2v) is 4.79. The average Bonchev–Trinajstić information content (AvgIpc) is 2.28. The number of hydrogen-bond acceptors (Lipinski definition) is 2. The lowest BCUT2D eigenvalue weighted by molar-refractivity contribution is 0.474. The Labute approximate surface area is 98.9 Å². The van der Waals surface area contributed by atoms with E-state index in [1.54, 1.807) is 0 Å². The summed E-state index contributed by atoms with van der Waals surface area (Å²) < 4.78 is 1.05. The van der Waals surface area contributed by atoms with E-state index in [-0.39, 0.29) is 0 Å². The minimum Gasteiger partial charge on any atom is -0.310 e. The van der Waals surface area contributed by atoms with Crippen molar-refractivity contribution in [1.82, 2.24) is 10.3 Å². The normalized spacial score (nSPS) is 20.5. The zero-order valence-corrected chi connectivity index (χ0v) is 10.2. The number of nitrogens with one attached hydrogen (secondary N) is 1. The molecule has 0 spiro atoms. The van der Waals surface area contributed by atoms with Crippen LogP contribution in [0.3, 0.4) is 0 Å². The van der Waals surface area contributed by atoms with Gasteiger partial charge >= 0.3 is 0 Å². The molecular formula is C12H15BrN2. The largest absolute Gasteiger partial charge is 0.310 e. The van der Waals surface area contributed by atoms with Crippen LogP contribution in [0.5, 0.6) is 0 Å². The fraction of sp³-hybridized carbons (Fsp3) is 0.417. The zero-order valence-electron chi connectivity index (χ0n) is 8.62. The molecular weight excluding hydrogens is 252 g/mol. The van der Waals surface area contributed by atoms with Crippen molar-refractivity contribution in [3.8, 4) is 0 Å². The second kappa shape index (κ2) is 5.42. The standard InChI is InChI=1S/C12H15BrN2/c13-11-6-10(7-14-9-11)8-15-12-4-2-1-3-5-12/h1-2,6-7,9,12,15H,3-5,8H2. The van der Waals surface area contributed by atoms with Crippen LogP contribution in [0.4, 0.5) is 0 Å². The van der Waals surface area contributed by atoms with Crippen LogP contribution in [-0.2, 0) is 6.54 Å². The van der Waals surface area contributed by atoms with E-state index in [0.29, 0.717) is 6.04 Å². The van der Waals surface area contributed by atoms with E-state index >= 15 is 0 Å². The van der Waals surface area contributed by atoms with Gasteiger partial charge in [0.25, 0.3) is 0 Å². The van der Waals surface area contributed by atoms with Crippen LogP contribution in [0.2, 0.25) is 0 Å². The van der Waals surface area contributed by atoms with Crippen molar-refractivity contribution in [3.05, 3.63) is 40.6 Å². The van der Waals surface area contributed by atoms with Crippen LogP contribution >= 0.6 is 15.9 Å². The third kappa shape index (κ3) is 3.43. The number of allylic oxidation sites excluding steroid dienone is 1. The number of rotatable bonds is 3. The predicted molar refractivity (Wildman–Crippen MR) is 65.6 cm³/mol. The van der Waals surface area contributed by atoms with E-state index in [0.717, 1.165) is 17.4 Å². The molecule has 1 aliphatic rings. The summed E-state index contributed by atoms with van der Waals surface area (Å²) >= 11 is 3.43. The summed E-state index contributed by atoms with van der Waals surface area (Å²) in [4.78, 5) is 4.15. The predicted octanol–water partition coefficient (Wildman–Crippen LogP) is 3.04. The summed E-state index contributed by atoms with van der Waals surface area (Å²) in [7, 11) is 0. The Bertz CT molecular complexity index is 349. The monoisotopic (exact) mass is 266 g/mol. The molecule has 0 saturated carbocycles. The lowest BCUT2D eigenvalue weighted by Gasteiger charge is -2.19. The average molecular weight is 267 g/mol. The van der Waals surface area contributed by atoms with Crippen LogP contribution in [-0.4, -0.2) is 11.0 Å². The Kier molecular flexibility index (Phi) is 3.92. The van der Waals surface area contributed by atoms with E-state index < -0.39 is 0 Å². The molecule has 0 amide bonds. The Morgan fingerprint density at radius 3 is 3.07 bits per heavy atom. The fourth-order valence-corrected chi connectivity index (χ4v) is 2.21. The minimum absolute atomic E-state index is 0.633. The molecule has 1 unspecified atom stereocenters. The van der Waals surface area contributed by atoms with Crippen LogP contribution in [0.15, 0.2) is 35.1 Å². The summed E-state index contributed by atoms with van der Waals surface area (Å²) in [6.45, 7) is 0.908. The molecule has 1 aliphatic carbocycles. The van der Waals surface area contributed by atoms with Gasteiger partial charge in [-0.15, -0.1) is 0 Å². The molecule has 0 bridgehead atoms. The Morgan fingerprint density at radius 1 is 1.40 bits per heavy atom. The maximum Gasteiger partial charge on any atom is 0.0410 e.